The molecule has 0 aromatic heterocycles. The number of esters is 1. The lowest BCUT2D eigenvalue weighted by molar-refractivity contribution is 0.0471. The molecule has 0 amide bonds. The Bertz CT molecular complexity index is 827. The highest BCUT2D eigenvalue weighted by Gasteiger charge is 2.18. The van der Waals surface area contributed by atoms with Crippen molar-refractivity contribution in [1.29, 1.82) is 0 Å². The highest BCUT2D eigenvalue weighted by molar-refractivity contribution is 7.89. The zero-order valence-corrected chi connectivity index (χ0v) is 14.8. The Labute approximate surface area is 142 Å². The van der Waals surface area contributed by atoms with Crippen LogP contribution in [-0.4, -0.2) is 20.9 Å². The van der Waals surface area contributed by atoms with Crippen molar-refractivity contribution >= 4 is 16.0 Å². The Morgan fingerprint density at radius 3 is 2.38 bits per heavy atom. The van der Waals surface area contributed by atoms with Crippen LogP contribution in [0.25, 0.3) is 0 Å². The van der Waals surface area contributed by atoms with Crippen molar-refractivity contribution < 1.29 is 17.9 Å². The molecule has 2 aromatic rings. The van der Waals surface area contributed by atoms with E-state index in [1.807, 2.05) is 31.2 Å². The minimum absolute atomic E-state index is 0.0530. The van der Waals surface area contributed by atoms with Gasteiger partial charge in [-0.05, 0) is 37.1 Å². The predicted octanol–water partition coefficient (Wildman–Crippen LogP) is 2.96. The average Bonchev–Trinajstić information content (AvgIpc) is 2.54. The molecule has 0 heterocycles. The quantitative estimate of drug-likeness (QED) is 0.816. The fourth-order valence-electron chi connectivity index (χ4n) is 2.17. The van der Waals surface area contributed by atoms with Gasteiger partial charge in [0, 0.05) is 6.54 Å². The predicted molar refractivity (Wildman–Crippen MR) is 92.3 cm³/mol. The van der Waals surface area contributed by atoms with E-state index in [0.29, 0.717) is 5.56 Å². The van der Waals surface area contributed by atoms with Crippen LogP contribution in [0.5, 0.6) is 0 Å². The maximum Gasteiger partial charge on any atom is 0.338 e. The van der Waals surface area contributed by atoms with Crippen molar-refractivity contribution in [3.63, 3.8) is 0 Å². The fraction of sp³-hybridized carbons (Fsp3) is 0.278. The summed E-state index contributed by atoms with van der Waals surface area (Å²) in [5.41, 5.74) is 2.92. The number of rotatable bonds is 6. The van der Waals surface area contributed by atoms with Crippen molar-refractivity contribution in [3.8, 4) is 0 Å². The van der Waals surface area contributed by atoms with Crippen LogP contribution >= 0.6 is 0 Å². The standard InChI is InChI=1S/C18H21NO4S/c1-4-19-24(21,22)16-10-7-14(3)17(11-16)18(20)23-12-15-8-5-13(2)6-9-15/h5-11,19H,4,12H2,1-3H3. The normalized spacial score (nSPS) is 11.3. The molecule has 0 spiro atoms. The Balaban J connectivity index is 2.18. The van der Waals surface area contributed by atoms with Gasteiger partial charge in [0.1, 0.15) is 6.61 Å². The third-order valence-corrected chi connectivity index (χ3v) is 5.11. The molecule has 128 valence electrons. The van der Waals surface area contributed by atoms with Gasteiger partial charge in [-0.15, -0.1) is 0 Å². The van der Waals surface area contributed by atoms with Gasteiger partial charge in [-0.25, -0.2) is 17.9 Å². The Kier molecular flexibility index (Phi) is 5.75. The molecule has 2 rings (SSSR count). The maximum atomic E-state index is 12.3. The number of benzene rings is 2. The molecule has 0 saturated heterocycles. The third kappa shape index (κ3) is 4.43. The summed E-state index contributed by atoms with van der Waals surface area (Å²) in [6.45, 7) is 5.84. The summed E-state index contributed by atoms with van der Waals surface area (Å²) in [4.78, 5) is 12.4. The van der Waals surface area contributed by atoms with Gasteiger partial charge in [0.15, 0.2) is 0 Å². The van der Waals surface area contributed by atoms with Gasteiger partial charge >= 0.3 is 5.97 Å². The number of aryl methyl sites for hydroxylation is 2. The molecule has 0 aliphatic heterocycles. The molecule has 0 atom stereocenters. The Morgan fingerprint density at radius 2 is 1.75 bits per heavy atom. The number of sulfonamides is 1. The van der Waals surface area contributed by atoms with Gasteiger partial charge in [0.2, 0.25) is 10.0 Å². The van der Waals surface area contributed by atoms with Crippen molar-refractivity contribution in [2.45, 2.75) is 32.3 Å². The van der Waals surface area contributed by atoms with E-state index in [1.54, 1.807) is 19.9 Å². The molecule has 2 aromatic carbocycles. The topological polar surface area (TPSA) is 72.5 Å². The van der Waals surface area contributed by atoms with E-state index in [0.717, 1.165) is 11.1 Å². The molecule has 0 radical (unpaired) electrons. The van der Waals surface area contributed by atoms with Gasteiger partial charge < -0.3 is 4.74 Å². The van der Waals surface area contributed by atoms with Gasteiger partial charge in [0.05, 0.1) is 10.5 Å². The summed E-state index contributed by atoms with van der Waals surface area (Å²) < 4.78 is 31.8. The molecule has 6 heteroatoms. The largest absolute Gasteiger partial charge is 0.457 e. The van der Waals surface area contributed by atoms with Crippen molar-refractivity contribution in [1.82, 2.24) is 4.72 Å². The van der Waals surface area contributed by atoms with Crippen LogP contribution in [0, 0.1) is 13.8 Å². The number of ether oxygens (including phenoxy) is 1. The minimum atomic E-state index is -3.61. The second kappa shape index (κ2) is 7.59. The molecular weight excluding hydrogens is 326 g/mol. The number of carbonyl (C=O) groups excluding carboxylic acids is 1. The SMILES string of the molecule is CCNS(=O)(=O)c1ccc(C)c(C(=O)OCc2ccc(C)cc2)c1. The smallest absolute Gasteiger partial charge is 0.338 e. The summed E-state index contributed by atoms with van der Waals surface area (Å²) in [5, 5.41) is 0. The summed E-state index contributed by atoms with van der Waals surface area (Å²) in [6.07, 6.45) is 0. The van der Waals surface area contributed by atoms with Crippen LogP contribution in [0.1, 0.15) is 34.0 Å². The fourth-order valence-corrected chi connectivity index (χ4v) is 3.24. The zero-order valence-electron chi connectivity index (χ0n) is 14.0. The summed E-state index contributed by atoms with van der Waals surface area (Å²) in [5.74, 6) is -0.540. The molecule has 0 unspecified atom stereocenters. The van der Waals surface area contributed by atoms with Crippen LogP contribution in [0.4, 0.5) is 0 Å². The lowest BCUT2D eigenvalue weighted by atomic mass is 10.1. The lowest BCUT2D eigenvalue weighted by Gasteiger charge is -2.10. The van der Waals surface area contributed by atoms with Gasteiger partial charge in [-0.3, -0.25) is 0 Å². The molecule has 0 saturated carbocycles. The Hall–Kier alpha value is -2.18. The summed E-state index contributed by atoms with van der Waals surface area (Å²) >= 11 is 0. The van der Waals surface area contributed by atoms with E-state index in [-0.39, 0.29) is 23.6 Å². The monoisotopic (exact) mass is 347 g/mol. The molecule has 0 aliphatic carbocycles. The number of hydrogen-bond acceptors (Lipinski definition) is 4. The van der Waals surface area contributed by atoms with E-state index in [4.69, 9.17) is 4.74 Å². The molecule has 5 nitrogen and oxygen atoms in total. The first kappa shape index (κ1) is 18.2. The van der Waals surface area contributed by atoms with E-state index in [2.05, 4.69) is 4.72 Å². The van der Waals surface area contributed by atoms with E-state index in [9.17, 15) is 13.2 Å². The second-order valence-corrected chi connectivity index (χ2v) is 7.31. The molecule has 0 aliphatic rings. The first-order chi connectivity index (χ1) is 11.3. The van der Waals surface area contributed by atoms with Gasteiger partial charge in [-0.2, -0.15) is 0 Å². The average molecular weight is 347 g/mol. The molecular formula is C18H21NO4S. The molecule has 24 heavy (non-hydrogen) atoms. The maximum absolute atomic E-state index is 12.3. The molecule has 0 fully saturated rings. The van der Waals surface area contributed by atoms with Crippen LogP contribution in [0.15, 0.2) is 47.4 Å². The number of nitrogens with one attached hydrogen (secondary N) is 1. The van der Waals surface area contributed by atoms with Crippen molar-refractivity contribution in [2.24, 2.45) is 0 Å². The van der Waals surface area contributed by atoms with E-state index < -0.39 is 16.0 Å². The van der Waals surface area contributed by atoms with Gasteiger partial charge in [-0.1, -0.05) is 42.8 Å². The van der Waals surface area contributed by atoms with Gasteiger partial charge in [0.25, 0.3) is 0 Å². The highest BCUT2D eigenvalue weighted by atomic mass is 32.2. The molecule has 1 N–H and O–H groups in total. The first-order valence-corrected chi connectivity index (χ1v) is 9.15. The zero-order chi connectivity index (χ0) is 17.7. The van der Waals surface area contributed by atoms with Crippen LogP contribution in [-0.2, 0) is 21.4 Å². The van der Waals surface area contributed by atoms with Crippen LogP contribution < -0.4 is 4.72 Å². The first-order valence-electron chi connectivity index (χ1n) is 7.66. The minimum Gasteiger partial charge on any atom is -0.457 e. The van der Waals surface area contributed by atoms with E-state index >= 15 is 0 Å². The number of carbonyl (C=O) groups is 1. The molecule has 0 bridgehead atoms. The summed E-state index contributed by atoms with van der Waals surface area (Å²) in [7, 11) is -3.61. The Morgan fingerprint density at radius 1 is 1.08 bits per heavy atom. The summed E-state index contributed by atoms with van der Waals surface area (Å²) in [6, 6.07) is 12.1. The highest BCUT2D eigenvalue weighted by Crippen LogP contribution is 2.17. The second-order valence-electron chi connectivity index (χ2n) is 5.54. The van der Waals surface area contributed by atoms with Crippen LogP contribution in [0.2, 0.25) is 0 Å². The third-order valence-electron chi connectivity index (χ3n) is 3.56. The number of hydrogen-bond donors (Lipinski definition) is 1. The van der Waals surface area contributed by atoms with Crippen molar-refractivity contribution in [3.05, 3.63) is 64.7 Å². The van der Waals surface area contributed by atoms with E-state index in [1.165, 1.54) is 12.1 Å². The van der Waals surface area contributed by atoms with Crippen LogP contribution in [0.3, 0.4) is 0 Å². The van der Waals surface area contributed by atoms with Crippen molar-refractivity contribution in [2.75, 3.05) is 6.54 Å². The lowest BCUT2D eigenvalue weighted by Crippen LogP contribution is -2.23.